The van der Waals surface area contributed by atoms with Crippen LogP contribution in [0, 0.1) is 0 Å². The third-order valence-electron chi connectivity index (χ3n) is 2.10. The van der Waals surface area contributed by atoms with Gasteiger partial charge in [0.25, 0.3) is 0 Å². The Morgan fingerprint density at radius 1 is 1.31 bits per heavy atom. The molecule has 0 bridgehead atoms. The second kappa shape index (κ2) is 4.83. The molecule has 1 unspecified atom stereocenters. The number of nitrogens with zero attached hydrogens (tertiary/aromatic N) is 1. The number of benzene rings is 1. The number of anilines is 1. The Hall–Kier alpha value is -0.260. The normalized spacial score (nSPS) is 10.2. The minimum absolute atomic E-state index is 0.830. The third-order valence-corrected chi connectivity index (χ3v) is 2.87. The van der Waals surface area contributed by atoms with E-state index in [2.05, 4.69) is 34.1 Å². The Morgan fingerprint density at radius 2 is 1.92 bits per heavy atom. The molecule has 0 radical (unpaired) electrons. The van der Waals surface area contributed by atoms with Gasteiger partial charge in [-0.25, -0.2) is 0 Å². The van der Waals surface area contributed by atoms with Crippen LogP contribution in [0.5, 0.6) is 0 Å². The highest BCUT2D eigenvalue weighted by atomic mass is 35.5. The summed E-state index contributed by atoms with van der Waals surface area (Å²) in [6.45, 7) is 6.25. The molecule has 3 heteroatoms. The zero-order valence-electron chi connectivity index (χ0n) is 8.05. The lowest BCUT2D eigenvalue weighted by Gasteiger charge is -2.24. The van der Waals surface area contributed by atoms with E-state index < -0.39 is 0 Å². The van der Waals surface area contributed by atoms with Gasteiger partial charge in [-0.2, -0.15) is 0 Å². The molecule has 1 aromatic carbocycles. The summed E-state index contributed by atoms with van der Waals surface area (Å²) in [7, 11) is 2.72. The second-order valence-electron chi connectivity index (χ2n) is 2.85. The maximum Gasteiger partial charge on any atom is 0.0645 e. The molecule has 1 aromatic rings. The zero-order chi connectivity index (χ0) is 9.84. The van der Waals surface area contributed by atoms with E-state index in [1.165, 1.54) is 0 Å². The molecule has 0 saturated carbocycles. The molecule has 0 spiro atoms. The molecule has 0 aliphatic carbocycles. The van der Waals surface area contributed by atoms with Crippen LogP contribution in [0.25, 0.3) is 0 Å². The van der Waals surface area contributed by atoms with Gasteiger partial charge in [0, 0.05) is 13.1 Å². The Kier molecular flexibility index (Phi) is 4.02. The largest absolute Gasteiger partial charge is 0.370 e. The van der Waals surface area contributed by atoms with E-state index in [9.17, 15) is 0 Å². The molecule has 72 valence electrons. The van der Waals surface area contributed by atoms with Gasteiger partial charge in [-0.05, 0) is 25.2 Å². The van der Waals surface area contributed by atoms with E-state index in [1.54, 1.807) is 0 Å². The minimum Gasteiger partial charge on any atom is -0.370 e. The van der Waals surface area contributed by atoms with Crippen molar-refractivity contribution in [1.82, 2.24) is 0 Å². The van der Waals surface area contributed by atoms with Crippen molar-refractivity contribution in [3.05, 3.63) is 23.2 Å². The molecular formula is C10H15ClNP. The quantitative estimate of drug-likeness (QED) is 0.701. The summed E-state index contributed by atoms with van der Waals surface area (Å²) in [6, 6.07) is 5.96. The Balaban J connectivity index is 3.10. The highest BCUT2D eigenvalue weighted by molar-refractivity contribution is 7.28. The van der Waals surface area contributed by atoms with E-state index in [0.717, 1.165) is 29.1 Å². The van der Waals surface area contributed by atoms with Gasteiger partial charge in [-0.1, -0.05) is 23.7 Å². The average Bonchev–Trinajstić information content (AvgIpc) is 2.11. The molecule has 0 amide bonds. The van der Waals surface area contributed by atoms with Crippen LogP contribution in [0.3, 0.4) is 0 Å². The van der Waals surface area contributed by atoms with Crippen molar-refractivity contribution in [2.45, 2.75) is 13.8 Å². The summed E-state index contributed by atoms with van der Waals surface area (Å²) < 4.78 is 0. The van der Waals surface area contributed by atoms with Crippen molar-refractivity contribution in [1.29, 1.82) is 0 Å². The fraction of sp³-hybridized carbons (Fsp3) is 0.400. The van der Waals surface area contributed by atoms with Crippen LogP contribution in [-0.4, -0.2) is 13.1 Å². The summed E-state index contributed by atoms with van der Waals surface area (Å²) in [5.41, 5.74) is 1.14. The van der Waals surface area contributed by atoms with Crippen LogP contribution in [0.4, 0.5) is 5.69 Å². The summed E-state index contributed by atoms with van der Waals surface area (Å²) in [4.78, 5) is 2.25. The van der Waals surface area contributed by atoms with Gasteiger partial charge in [-0.3, -0.25) is 0 Å². The van der Waals surface area contributed by atoms with Crippen LogP contribution < -0.4 is 10.2 Å². The maximum atomic E-state index is 6.13. The number of hydrogen-bond donors (Lipinski definition) is 0. The number of halogens is 1. The molecule has 0 aliphatic heterocycles. The molecule has 13 heavy (non-hydrogen) atoms. The minimum atomic E-state index is 0.830. The van der Waals surface area contributed by atoms with Crippen LogP contribution in [0.15, 0.2) is 18.2 Å². The number of rotatable bonds is 3. The molecule has 0 fully saturated rings. The Labute approximate surface area is 87.3 Å². The van der Waals surface area contributed by atoms with Gasteiger partial charge in [0.1, 0.15) is 0 Å². The first-order valence-corrected chi connectivity index (χ1v) is 5.45. The fourth-order valence-electron chi connectivity index (χ4n) is 1.41. The lowest BCUT2D eigenvalue weighted by molar-refractivity contribution is 0.869. The van der Waals surface area contributed by atoms with Crippen molar-refractivity contribution >= 4 is 31.8 Å². The molecule has 1 rings (SSSR count). The monoisotopic (exact) mass is 215 g/mol. The molecule has 0 aliphatic rings. The van der Waals surface area contributed by atoms with Crippen molar-refractivity contribution in [3.63, 3.8) is 0 Å². The summed E-state index contributed by atoms with van der Waals surface area (Å²) in [5, 5.41) is 1.99. The molecule has 0 aromatic heterocycles. The van der Waals surface area contributed by atoms with E-state index in [0.29, 0.717) is 0 Å². The molecule has 0 heterocycles. The van der Waals surface area contributed by atoms with Crippen molar-refractivity contribution in [3.8, 4) is 0 Å². The average molecular weight is 216 g/mol. The van der Waals surface area contributed by atoms with E-state index >= 15 is 0 Å². The van der Waals surface area contributed by atoms with E-state index in [-0.39, 0.29) is 0 Å². The van der Waals surface area contributed by atoms with Gasteiger partial charge in [0.15, 0.2) is 0 Å². The summed E-state index contributed by atoms with van der Waals surface area (Å²) in [6.07, 6.45) is 0. The molecule has 0 N–H and O–H groups in total. The lowest BCUT2D eigenvalue weighted by atomic mass is 10.3. The predicted molar refractivity (Wildman–Crippen MR) is 64.4 cm³/mol. The first-order valence-electron chi connectivity index (χ1n) is 4.49. The van der Waals surface area contributed by atoms with Crippen LogP contribution in [-0.2, 0) is 0 Å². The second-order valence-corrected chi connectivity index (χ2v) is 3.88. The van der Waals surface area contributed by atoms with Gasteiger partial charge in [0.2, 0.25) is 0 Å². The molecule has 1 nitrogen and oxygen atoms in total. The Morgan fingerprint density at radius 3 is 2.38 bits per heavy atom. The van der Waals surface area contributed by atoms with Gasteiger partial charge in [-0.15, -0.1) is 9.24 Å². The summed E-state index contributed by atoms with van der Waals surface area (Å²) >= 11 is 6.13. The van der Waals surface area contributed by atoms with E-state index in [1.807, 2.05) is 12.1 Å². The molecule has 0 saturated heterocycles. The van der Waals surface area contributed by atoms with Gasteiger partial charge < -0.3 is 4.90 Å². The highest BCUT2D eigenvalue weighted by Gasteiger charge is 2.08. The topological polar surface area (TPSA) is 3.24 Å². The fourth-order valence-corrected chi connectivity index (χ4v) is 2.25. The zero-order valence-corrected chi connectivity index (χ0v) is 9.96. The molecule has 1 atom stereocenters. The van der Waals surface area contributed by atoms with Crippen molar-refractivity contribution in [2.24, 2.45) is 0 Å². The van der Waals surface area contributed by atoms with E-state index in [4.69, 9.17) is 11.6 Å². The summed E-state index contributed by atoms with van der Waals surface area (Å²) in [5.74, 6) is 0. The van der Waals surface area contributed by atoms with Crippen LogP contribution >= 0.6 is 20.8 Å². The maximum absolute atomic E-state index is 6.13. The van der Waals surface area contributed by atoms with Crippen molar-refractivity contribution in [2.75, 3.05) is 18.0 Å². The first kappa shape index (κ1) is 10.8. The van der Waals surface area contributed by atoms with Crippen LogP contribution in [0.2, 0.25) is 5.02 Å². The standard InChI is InChI=1S/C10H15ClNP/c1-3-12(4-2)10-8(11)6-5-7-9(10)13/h5-7H,3-4,13H2,1-2H3. The Bertz CT molecular complexity index is 264. The third kappa shape index (κ3) is 2.36. The lowest BCUT2D eigenvalue weighted by Crippen LogP contribution is -2.25. The first-order chi connectivity index (χ1) is 6.20. The van der Waals surface area contributed by atoms with Crippen molar-refractivity contribution < 1.29 is 0 Å². The predicted octanol–water partition coefficient (Wildman–Crippen LogP) is 2.69. The van der Waals surface area contributed by atoms with Gasteiger partial charge in [0.05, 0.1) is 10.7 Å². The SMILES string of the molecule is CCN(CC)c1c(P)cccc1Cl. The number of para-hydroxylation sites is 1. The number of hydrogen-bond acceptors (Lipinski definition) is 1. The smallest absolute Gasteiger partial charge is 0.0645 e. The highest BCUT2D eigenvalue weighted by Crippen LogP contribution is 2.24. The molecular weight excluding hydrogens is 201 g/mol. The van der Waals surface area contributed by atoms with Gasteiger partial charge >= 0.3 is 0 Å². The van der Waals surface area contributed by atoms with Crippen LogP contribution in [0.1, 0.15) is 13.8 Å².